The lowest BCUT2D eigenvalue weighted by Gasteiger charge is -2.57. The summed E-state index contributed by atoms with van der Waals surface area (Å²) >= 11 is 0. The van der Waals surface area contributed by atoms with Crippen LogP contribution in [-0.4, -0.2) is 24.8 Å². The molecule has 20 heavy (non-hydrogen) atoms. The zero-order chi connectivity index (χ0) is 14.5. The van der Waals surface area contributed by atoms with Crippen molar-refractivity contribution >= 4 is 0 Å². The summed E-state index contributed by atoms with van der Waals surface area (Å²) in [5.74, 6) is 1.60. The fourth-order valence-corrected chi connectivity index (χ4v) is 5.26. The third-order valence-electron chi connectivity index (χ3n) is 6.37. The molecule has 2 nitrogen and oxygen atoms in total. The summed E-state index contributed by atoms with van der Waals surface area (Å²) in [6.07, 6.45) is 7.37. The Morgan fingerprint density at radius 2 is 1.75 bits per heavy atom. The zero-order valence-corrected chi connectivity index (χ0v) is 14.0. The summed E-state index contributed by atoms with van der Waals surface area (Å²) in [5, 5.41) is 4.09. The number of hydrogen-bond acceptors (Lipinski definition) is 2. The molecule has 1 saturated heterocycles. The van der Waals surface area contributed by atoms with Crippen LogP contribution in [0.3, 0.4) is 0 Å². The first kappa shape index (κ1) is 14.8. The zero-order valence-electron chi connectivity index (χ0n) is 14.0. The van der Waals surface area contributed by atoms with Crippen LogP contribution in [0.1, 0.15) is 66.7 Å². The van der Waals surface area contributed by atoms with Crippen molar-refractivity contribution in [2.24, 2.45) is 22.7 Å². The Balaban J connectivity index is 1.70. The molecule has 2 heteroatoms. The number of ether oxygens (including phenoxy) is 1. The standard InChI is InChI=1S/C18H33NO/c1-17(2,3)13-8-6-7-9-14(13)19-15-12-10-11-20-16(12)18(15,4)5/h12-16,19H,6-11H2,1-5H3. The molecule has 0 aromatic heterocycles. The highest BCUT2D eigenvalue weighted by Crippen LogP contribution is 2.53. The van der Waals surface area contributed by atoms with E-state index in [0.29, 0.717) is 23.0 Å². The van der Waals surface area contributed by atoms with Crippen LogP contribution in [-0.2, 0) is 4.74 Å². The molecule has 1 aliphatic heterocycles. The summed E-state index contributed by atoms with van der Waals surface area (Å²) in [6, 6.07) is 1.39. The van der Waals surface area contributed by atoms with Gasteiger partial charge in [-0.25, -0.2) is 0 Å². The maximum Gasteiger partial charge on any atom is 0.0685 e. The van der Waals surface area contributed by atoms with E-state index in [4.69, 9.17) is 4.74 Å². The Labute approximate surface area is 125 Å². The first-order valence-electron chi connectivity index (χ1n) is 8.69. The predicted octanol–water partition coefficient (Wildman–Crippen LogP) is 3.99. The normalized spacial score (nSPS) is 44.0. The van der Waals surface area contributed by atoms with Gasteiger partial charge >= 0.3 is 0 Å². The average molecular weight is 279 g/mol. The topological polar surface area (TPSA) is 21.3 Å². The Morgan fingerprint density at radius 3 is 2.45 bits per heavy atom. The smallest absolute Gasteiger partial charge is 0.0685 e. The molecule has 1 N–H and O–H groups in total. The van der Waals surface area contributed by atoms with Gasteiger partial charge in [0.05, 0.1) is 6.10 Å². The molecule has 3 aliphatic rings. The lowest BCUT2D eigenvalue weighted by Crippen LogP contribution is -2.68. The van der Waals surface area contributed by atoms with Crippen LogP contribution in [0.25, 0.3) is 0 Å². The molecule has 0 aromatic rings. The number of fused-ring (bicyclic) bond motifs is 1. The molecule has 116 valence electrons. The van der Waals surface area contributed by atoms with E-state index >= 15 is 0 Å². The van der Waals surface area contributed by atoms with Gasteiger partial charge in [0.25, 0.3) is 0 Å². The maximum absolute atomic E-state index is 5.94. The van der Waals surface area contributed by atoms with Crippen LogP contribution in [0.4, 0.5) is 0 Å². The number of nitrogens with one attached hydrogen (secondary N) is 1. The monoisotopic (exact) mass is 279 g/mol. The Hall–Kier alpha value is -0.0800. The summed E-state index contributed by atoms with van der Waals surface area (Å²) in [4.78, 5) is 0. The van der Waals surface area contributed by atoms with Gasteiger partial charge in [-0.2, -0.15) is 0 Å². The highest BCUT2D eigenvalue weighted by Gasteiger charge is 2.59. The van der Waals surface area contributed by atoms with Crippen LogP contribution >= 0.6 is 0 Å². The third-order valence-corrected chi connectivity index (χ3v) is 6.37. The second-order valence-electron chi connectivity index (χ2n) is 9.07. The Morgan fingerprint density at radius 1 is 1.05 bits per heavy atom. The molecule has 3 fully saturated rings. The van der Waals surface area contributed by atoms with Gasteiger partial charge < -0.3 is 10.1 Å². The van der Waals surface area contributed by atoms with E-state index in [0.717, 1.165) is 24.5 Å². The highest BCUT2D eigenvalue weighted by atomic mass is 16.5. The van der Waals surface area contributed by atoms with Crippen molar-refractivity contribution < 1.29 is 4.74 Å². The van der Waals surface area contributed by atoms with Crippen molar-refractivity contribution in [3.8, 4) is 0 Å². The van der Waals surface area contributed by atoms with E-state index in [-0.39, 0.29) is 0 Å². The van der Waals surface area contributed by atoms with Crippen LogP contribution < -0.4 is 5.32 Å². The molecule has 0 aromatic carbocycles. The molecule has 0 spiro atoms. The quantitative estimate of drug-likeness (QED) is 0.825. The van der Waals surface area contributed by atoms with E-state index in [2.05, 4.69) is 39.9 Å². The van der Waals surface area contributed by atoms with Crippen LogP contribution in [0.15, 0.2) is 0 Å². The number of hydrogen-bond donors (Lipinski definition) is 1. The van der Waals surface area contributed by atoms with Crippen molar-refractivity contribution in [2.45, 2.75) is 84.9 Å². The maximum atomic E-state index is 5.94. The van der Waals surface area contributed by atoms with Gasteiger partial charge in [-0.3, -0.25) is 0 Å². The molecule has 5 atom stereocenters. The lowest BCUT2D eigenvalue weighted by molar-refractivity contribution is -0.119. The molecule has 5 unspecified atom stereocenters. The minimum atomic E-state index is 0.320. The van der Waals surface area contributed by atoms with E-state index < -0.39 is 0 Å². The van der Waals surface area contributed by atoms with Crippen LogP contribution in [0, 0.1) is 22.7 Å². The van der Waals surface area contributed by atoms with Gasteiger partial charge in [-0.1, -0.05) is 47.5 Å². The summed E-state index contributed by atoms with van der Waals surface area (Å²) in [5.41, 5.74) is 0.749. The molecule has 0 amide bonds. The van der Waals surface area contributed by atoms with Crippen molar-refractivity contribution in [3.63, 3.8) is 0 Å². The summed E-state index contributed by atoms with van der Waals surface area (Å²) in [6.45, 7) is 13.0. The first-order valence-corrected chi connectivity index (χ1v) is 8.69. The predicted molar refractivity (Wildman–Crippen MR) is 83.8 cm³/mol. The fourth-order valence-electron chi connectivity index (χ4n) is 5.26. The molecule has 3 rings (SSSR count). The largest absolute Gasteiger partial charge is 0.377 e. The van der Waals surface area contributed by atoms with Crippen molar-refractivity contribution in [1.82, 2.24) is 5.32 Å². The molecule has 0 bridgehead atoms. The fraction of sp³-hybridized carbons (Fsp3) is 1.00. The number of rotatable bonds is 2. The highest BCUT2D eigenvalue weighted by molar-refractivity contribution is 5.12. The van der Waals surface area contributed by atoms with Crippen molar-refractivity contribution in [3.05, 3.63) is 0 Å². The first-order chi connectivity index (χ1) is 9.32. The summed E-state index contributed by atoms with van der Waals surface area (Å²) < 4.78 is 5.94. The van der Waals surface area contributed by atoms with Gasteiger partial charge in [-0.15, -0.1) is 0 Å². The van der Waals surface area contributed by atoms with Crippen molar-refractivity contribution in [1.29, 1.82) is 0 Å². The van der Waals surface area contributed by atoms with E-state index in [9.17, 15) is 0 Å². The lowest BCUT2D eigenvalue weighted by atomic mass is 9.56. The molecule has 2 aliphatic carbocycles. The van der Waals surface area contributed by atoms with Gasteiger partial charge in [0, 0.05) is 30.0 Å². The summed E-state index contributed by atoms with van der Waals surface area (Å²) in [7, 11) is 0. The van der Waals surface area contributed by atoms with E-state index in [1.54, 1.807) is 0 Å². The van der Waals surface area contributed by atoms with E-state index in [1.807, 2.05) is 0 Å². The van der Waals surface area contributed by atoms with Crippen molar-refractivity contribution in [2.75, 3.05) is 6.61 Å². The van der Waals surface area contributed by atoms with Gasteiger partial charge in [-0.05, 0) is 30.6 Å². The van der Waals surface area contributed by atoms with Gasteiger partial charge in [0.2, 0.25) is 0 Å². The van der Waals surface area contributed by atoms with Gasteiger partial charge in [0.1, 0.15) is 0 Å². The molecule has 2 saturated carbocycles. The van der Waals surface area contributed by atoms with Crippen LogP contribution in [0.5, 0.6) is 0 Å². The van der Waals surface area contributed by atoms with Crippen LogP contribution in [0.2, 0.25) is 0 Å². The van der Waals surface area contributed by atoms with Gasteiger partial charge in [0.15, 0.2) is 0 Å². The molecule has 1 heterocycles. The second kappa shape index (κ2) is 4.98. The Bertz CT molecular complexity index is 357. The average Bonchev–Trinajstić information content (AvgIpc) is 2.82. The minimum absolute atomic E-state index is 0.320. The molecular weight excluding hydrogens is 246 g/mol. The molecular formula is C18H33NO. The minimum Gasteiger partial charge on any atom is -0.377 e. The molecule has 0 radical (unpaired) electrons. The van der Waals surface area contributed by atoms with E-state index in [1.165, 1.54) is 32.1 Å². The Kier molecular flexibility index (Phi) is 3.70. The third kappa shape index (κ3) is 2.33. The second-order valence-corrected chi connectivity index (χ2v) is 9.07. The SMILES string of the molecule is CC(C)(C)C1CCCCC1NC1C2CCOC2C1(C)C.